The average molecular weight is 348 g/mol. The van der Waals surface area contributed by atoms with Crippen LogP contribution < -0.4 is 11.1 Å². The van der Waals surface area contributed by atoms with Crippen LogP contribution in [0.5, 0.6) is 0 Å². The fourth-order valence-electron chi connectivity index (χ4n) is 2.48. The van der Waals surface area contributed by atoms with Crippen molar-refractivity contribution in [1.82, 2.24) is 15.2 Å². The zero-order valence-corrected chi connectivity index (χ0v) is 14.0. The molecule has 3 N–H and O–H groups in total. The number of halogens is 1. The van der Waals surface area contributed by atoms with E-state index in [0.717, 1.165) is 0 Å². The van der Waals surface area contributed by atoms with Crippen molar-refractivity contribution in [3.63, 3.8) is 0 Å². The highest BCUT2D eigenvalue weighted by Gasteiger charge is 2.38. The van der Waals surface area contributed by atoms with Gasteiger partial charge in [-0.1, -0.05) is 13.8 Å². The first kappa shape index (κ1) is 19.1. The lowest BCUT2D eigenvalue weighted by molar-refractivity contribution is -0.130. The van der Waals surface area contributed by atoms with Gasteiger partial charge in [0, 0.05) is 12.4 Å². The second-order valence-corrected chi connectivity index (χ2v) is 6.04. The Morgan fingerprint density at radius 1 is 1.43 bits per heavy atom. The van der Waals surface area contributed by atoms with Gasteiger partial charge in [0.1, 0.15) is 12.1 Å². The minimum absolute atomic E-state index is 0.0371. The number of amides is 4. The molecule has 0 saturated carbocycles. The molecule has 1 aliphatic rings. The zero-order chi connectivity index (χ0) is 17.6. The summed E-state index contributed by atoms with van der Waals surface area (Å²) < 4.78 is 0. The number of nitroso groups, excluding NO2 is 1. The van der Waals surface area contributed by atoms with Gasteiger partial charge in [0.05, 0.1) is 11.8 Å². The number of carbonyl (C=O) groups is 3. The third-order valence-corrected chi connectivity index (χ3v) is 3.86. The number of hydrogen-bond acceptors (Lipinski definition) is 5. The van der Waals surface area contributed by atoms with E-state index in [-0.39, 0.29) is 18.3 Å². The maximum absolute atomic E-state index is 12.4. The van der Waals surface area contributed by atoms with Gasteiger partial charge >= 0.3 is 6.03 Å². The number of likely N-dealkylation sites (tertiary alicyclic amines) is 1. The van der Waals surface area contributed by atoms with Crippen molar-refractivity contribution in [3.05, 3.63) is 4.91 Å². The maximum atomic E-state index is 12.4. The molecular formula is C13H22ClN5O4. The monoisotopic (exact) mass is 347 g/mol. The van der Waals surface area contributed by atoms with Crippen LogP contribution in [0.25, 0.3) is 0 Å². The normalized spacial score (nSPS) is 18.6. The molecule has 1 aliphatic heterocycles. The van der Waals surface area contributed by atoms with Crippen molar-refractivity contribution in [2.75, 3.05) is 19.0 Å². The summed E-state index contributed by atoms with van der Waals surface area (Å²) in [4.78, 5) is 48.0. The van der Waals surface area contributed by atoms with Crippen molar-refractivity contribution in [1.29, 1.82) is 0 Å². The summed E-state index contributed by atoms with van der Waals surface area (Å²) in [7, 11) is 0. The molecule has 130 valence electrons. The van der Waals surface area contributed by atoms with Gasteiger partial charge < -0.3 is 16.0 Å². The summed E-state index contributed by atoms with van der Waals surface area (Å²) in [6.07, 6.45) is 1.05. The quantitative estimate of drug-likeness (QED) is 0.393. The van der Waals surface area contributed by atoms with Crippen LogP contribution in [0.15, 0.2) is 5.29 Å². The molecule has 9 nitrogen and oxygen atoms in total. The van der Waals surface area contributed by atoms with Crippen molar-refractivity contribution in [3.8, 4) is 0 Å². The number of alkyl halides is 1. The van der Waals surface area contributed by atoms with Crippen LogP contribution in [0.4, 0.5) is 4.79 Å². The number of hydrogen-bond donors (Lipinski definition) is 2. The number of carbonyl (C=O) groups excluding carboxylic acids is 3. The number of rotatable bonds is 7. The molecule has 0 bridgehead atoms. The van der Waals surface area contributed by atoms with E-state index in [4.69, 9.17) is 17.3 Å². The molecule has 0 aliphatic carbocycles. The molecule has 2 atom stereocenters. The van der Waals surface area contributed by atoms with Crippen molar-refractivity contribution < 1.29 is 14.4 Å². The van der Waals surface area contributed by atoms with Crippen LogP contribution in [-0.4, -0.2) is 58.8 Å². The average Bonchev–Trinajstić information content (AvgIpc) is 2.98. The molecule has 0 aromatic rings. The summed E-state index contributed by atoms with van der Waals surface area (Å²) in [6.45, 7) is 3.80. The molecule has 0 radical (unpaired) electrons. The fourth-order valence-corrected chi connectivity index (χ4v) is 2.64. The number of nitrogens with two attached hydrogens (primary N) is 1. The van der Waals surface area contributed by atoms with E-state index in [1.807, 2.05) is 0 Å². The van der Waals surface area contributed by atoms with Crippen molar-refractivity contribution in [2.45, 2.75) is 38.8 Å². The zero-order valence-electron chi connectivity index (χ0n) is 13.2. The molecule has 1 rings (SSSR count). The predicted octanol–water partition coefficient (Wildman–Crippen LogP) is 0.419. The van der Waals surface area contributed by atoms with Crippen LogP contribution in [0.2, 0.25) is 0 Å². The lowest BCUT2D eigenvalue weighted by atomic mass is 10.0. The van der Waals surface area contributed by atoms with Gasteiger partial charge in [0.15, 0.2) is 0 Å². The molecule has 4 amide bonds. The van der Waals surface area contributed by atoms with E-state index in [0.29, 0.717) is 24.4 Å². The standard InChI is InChI=1S/C13H22ClN5O4/c1-8(2)10(11(15)20)16-12(21)9-4-3-6-18(9)13(22)19(17-23)7-5-14/h8-10H,3-7H2,1-2H3,(H2,15,20)(H,16,21)/t9-,10-/m0/s1. The van der Waals surface area contributed by atoms with E-state index in [2.05, 4.69) is 10.6 Å². The number of nitrogens with zero attached hydrogens (tertiary/aromatic N) is 3. The minimum atomic E-state index is -0.816. The Hall–Kier alpha value is -1.90. The Labute approximate surface area is 139 Å². The highest BCUT2D eigenvalue weighted by atomic mass is 35.5. The van der Waals surface area contributed by atoms with E-state index in [1.54, 1.807) is 13.8 Å². The predicted molar refractivity (Wildman–Crippen MR) is 84.3 cm³/mol. The van der Waals surface area contributed by atoms with Crippen molar-refractivity contribution >= 4 is 29.4 Å². The first-order valence-corrected chi connectivity index (χ1v) is 7.94. The number of primary amides is 1. The van der Waals surface area contributed by atoms with Crippen LogP contribution in [-0.2, 0) is 9.59 Å². The highest BCUT2D eigenvalue weighted by Crippen LogP contribution is 2.20. The van der Waals surface area contributed by atoms with Gasteiger partial charge in [0.25, 0.3) is 0 Å². The second-order valence-electron chi connectivity index (χ2n) is 5.66. The first-order valence-electron chi connectivity index (χ1n) is 7.40. The van der Waals surface area contributed by atoms with Crippen LogP contribution in [0.1, 0.15) is 26.7 Å². The summed E-state index contributed by atoms with van der Waals surface area (Å²) in [5, 5.41) is 5.89. The Bertz CT molecular complexity index is 473. The summed E-state index contributed by atoms with van der Waals surface area (Å²) >= 11 is 5.52. The smallest absolute Gasteiger partial charge is 0.343 e. The van der Waals surface area contributed by atoms with Gasteiger partial charge in [-0.05, 0) is 18.8 Å². The van der Waals surface area contributed by atoms with Crippen LogP contribution in [0.3, 0.4) is 0 Å². The first-order chi connectivity index (χ1) is 10.8. The SMILES string of the molecule is CC(C)[C@H](NC(=O)[C@@H]1CCCN1C(=O)N(CCCl)N=O)C(N)=O. The van der Waals surface area contributed by atoms with E-state index >= 15 is 0 Å². The lowest BCUT2D eigenvalue weighted by Gasteiger charge is -2.28. The van der Waals surface area contributed by atoms with E-state index in [1.165, 1.54) is 4.90 Å². The Kier molecular flexibility index (Phi) is 7.21. The molecule has 1 heterocycles. The third kappa shape index (κ3) is 4.78. The third-order valence-electron chi connectivity index (χ3n) is 3.69. The molecule has 1 fully saturated rings. The molecular weight excluding hydrogens is 326 g/mol. The Morgan fingerprint density at radius 3 is 2.57 bits per heavy atom. The molecule has 0 aromatic heterocycles. The van der Waals surface area contributed by atoms with E-state index in [9.17, 15) is 19.3 Å². The highest BCUT2D eigenvalue weighted by molar-refractivity contribution is 6.18. The Balaban J connectivity index is 2.81. The van der Waals surface area contributed by atoms with Gasteiger partial charge in [-0.3, -0.25) is 9.59 Å². The fraction of sp³-hybridized carbons (Fsp3) is 0.769. The molecule has 0 unspecified atom stereocenters. The van der Waals surface area contributed by atoms with Crippen molar-refractivity contribution in [2.24, 2.45) is 16.9 Å². The molecule has 1 saturated heterocycles. The molecule has 0 spiro atoms. The second kappa shape index (κ2) is 8.66. The van der Waals surface area contributed by atoms with Gasteiger partial charge in [-0.15, -0.1) is 16.5 Å². The van der Waals surface area contributed by atoms with Gasteiger partial charge in [-0.2, -0.15) is 5.01 Å². The summed E-state index contributed by atoms with van der Waals surface area (Å²) in [6, 6.07) is -2.25. The largest absolute Gasteiger partial charge is 0.368 e. The van der Waals surface area contributed by atoms with Crippen LogP contribution in [0, 0.1) is 10.8 Å². The van der Waals surface area contributed by atoms with E-state index < -0.39 is 29.9 Å². The van der Waals surface area contributed by atoms with Gasteiger partial charge in [-0.25, -0.2) is 4.79 Å². The minimum Gasteiger partial charge on any atom is -0.368 e. The summed E-state index contributed by atoms with van der Waals surface area (Å²) in [5.74, 6) is -1.22. The topological polar surface area (TPSA) is 125 Å². The Morgan fingerprint density at radius 2 is 2.09 bits per heavy atom. The van der Waals surface area contributed by atoms with Crippen LogP contribution >= 0.6 is 11.6 Å². The lowest BCUT2D eigenvalue weighted by Crippen LogP contribution is -2.55. The summed E-state index contributed by atoms with van der Waals surface area (Å²) in [5.41, 5.74) is 5.27. The number of urea groups is 1. The number of nitrogens with one attached hydrogen (secondary N) is 1. The molecule has 0 aromatic carbocycles. The molecule has 23 heavy (non-hydrogen) atoms. The van der Waals surface area contributed by atoms with Gasteiger partial charge in [0.2, 0.25) is 11.8 Å². The molecule has 10 heteroatoms. The maximum Gasteiger partial charge on any atom is 0.343 e.